The Bertz CT molecular complexity index is 348. The summed E-state index contributed by atoms with van der Waals surface area (Å²) in [7, 11) is 5.22. The Hall–Kier alpha value is -1.63. The van der Waals surface area contributed by atoms with Gasteiger partial charge in [-0.1, -0.05) is 0 Å². The molecule has 1 rings (SSSR count). The van der Waals surface area contributed by atoms with E-state index in [4.69, 9.17) is 4.74 Å². The van der Waals surface area contributed by atoms with Crippen molar-refractivity contribution in [2.45, 2.75) is 6.54 Å². The molecular weight excluding hydrogens is 200 g/mol. The van der Waals surface area contributed by atoms with Gasteiger partial charge in [-0.05, 0) is 14.1 Å². The first kappa shape index (κ1) is 11.4. The molecule has 0 saturated carbocycles. The van der Waals surface area contributed by atoms with E-state index in [0.29, 0.717) is 6.54 Å². The highest BCUT2D eigenvalue weighted by atomic mass is 16.6. The van der Waals surface area contributed by atoms with Gasteiger partial charge in [0, 0.05) is 6.54 Å². The molecule has 0 aromatic carbocycles. The van der Waals surface area contributed by atoms with Crippen molar-refractivity contribution in [1.29, 1.82) is 0 Å². The van der Waals surface area contributed by atoms with Crippen molar-refractivity contribution < 1.29 is 9.66 Å². The number of hydrogen-bond acceptors (Lipinski definition) is 5. The molecule has 0 aliphatic rings. The zero-order chi connectivity index (χ0) is 11.4. The molecule has 1 heterocycles. The van der Waals surface area contributed by atoms with Gasteiger partial charge in [-0.3, -0.25) is 14.8 Å². The summed E-state index contributed by atoms with van der Waals surface area (Å²) in [6, 6.07) is 0. The summed E-state index contributed by atoms with van der Waals surface area (Å²) in [5, 5.41) is 14.5. The van der Waals surface area contributed by atoms with Gasteiger partial charge in [0.1, 0.15) is 6.20 Å². The summed E-state index contributed by atoms with van der Waals surface area (Å²) in [5.41, 5.74) is -0.101. The molecule has 15 heavy (non-hydrogen) atoms. The number of nitro groups is 1. The molecule has 1 aromatic heterocycles. The van der Waals surface area contributed by atoms with Crippen LogP contribution in [0.1, 0.15) is 0 Å². The summed E-state index contributed by atoms with van der Waals surface area (Å²) in [6.07, 6.45) is 1.38. The minimum Gasteiger partial charge on any atom is -0.475 e. The molecule has 0 unspecified atom stereocenters. The van der Waals surface area contributed by atoms with E-state index in [0.717, 1.165) is 6.54 Å². The fourth-order valence-corrected chi connectivity index (χ4v) is 1.08. The number of likely N-dealkylation sites (N-methyl/N-ethyl adjacent to an activating group) is 1. The topological polar surface area (TPSA) is 73.4 Å². The third kappa shape index (κ3) is 2.91. The number of aromatic nitrogens is 2. The summed E-state index contributed by atoms with van der Waals surface area (Å²) < 4.78 is 6.32. The fourth-order valence-electron chi connectivity index (χ4n) is 1.08. The van der Waals surface area contributed by atoms with Crippen LogP contribution in [0.2, 0.25) is 0 Å². The molecule has 0 spiro atoms. The molecule has 0 saturated heterocycles. The van der Waals surface area contributed by atoms with Gasteiger partial charge in [0.05, 0.1) is 18.6 Å². The number of nitrogens with zero attached hydrogens (tertiary/aromatic N) is 4. The number of hydrogen-bond donors (Lipinski definition) is 0. The number of ether oxygens (including phenoxy) is 1. The maximum absolute atomic E-state index is 10.6. The first-order valence-corrected chi connectivity index (χ1v) is 4.45. The standard InChI is InChI=1S/C8H14N4O3/c1-10(2)4-5-11-6-7(12(13)14)8(9-11)15-3/h6H,4-5H2,1-3H3. The van der Waals surface area contributed by atoms with Gasteiger partial charge in [0.15, 0.2) is 0 Å². The molecule has 0 aliphatic heterocycles. The van der Waals surface area contributed by atoms with E-state index in [-0.39, 0.29) is 11.6 Å². The monoisotopic (exact) mass is 214 g/mol. The van der Waals surface area contributed by atoms with Crippen LogP contribution >= 0.6 is 0 Å². The number of methoxy groups -OCH3 is 1. The van der Waals surface area contributed by atoms with Crippen LogP contribution in [0.4, 0.5) is 5.69 Å². The minimum atomic E-state index is -0.502. The Kier molecular flexibility index (Phi) is 3.62. The van der Waals surface area contributed by atoms with E-state index in [2.05, 4.69) is 5.10 Å². The highest BCUT2D eigenvalue weighted by Gasteiger charge is 2.19. The quantitative estimate of drug-likeness (QED) is 0.522. The third-order valence-electron chi connectivity index (χ3n) is 1.88. The predicted molar refractivity (Wildman–Crippen MR) is 54.0 cm³/mol. The van der Waals surface area contributed by atoms with Crippen molar-refractivity contribution in [3.8, 4) is 5.88 Å². The average Bonchev–Trinajstić information content (AvgIpc) is 2.57. The lowest BCUT2D eigenvalue weighted by Gasteiger charge is -2.08. The van der Waals surface area contributed by atoms with Gasteiger partial charge >= 0.3 is 11.6 Å². The maximum Gasteiger partial charge on any atom is 0.350 e. The van der Waals surface area contributed by atoms with E-state index < -0.39 is 4.92 Å². The smallest absolute Gasteiger partial charge is 0.350 e. The zero-order valence-electron chi connectivity index (χ0n) is 9.01. The van der Waals surface area contributed by atoms with Gasteiger partial charge in [0.25, 0.3) is 0 Å². The van der Waals surface area contributed by atoms with Crippen LogP contribution < -0.4 is 4.74 Å². The van der Waals surface area contributed by atoms with E-state index in [1.54, 1.807) is 0 Å². The van der Waals surface area contributed by atoms with E-state index in [1.807, 2.05) is 19.0 Å². The van der Waals surface area contributed by atoms with Crippen molar-refractivity contribution in [2.75, 3.05) is 27.7 Å². The maximum atomic E-state index is 10.6. The molecule has 0 fully saturated rings. The third-order valence-corrected chi connectivity index (χ3v) is 1.88. The normalized spacial score (nSPS) is 10.7. The second-order valence-electron chi connectivity index (χ2n) is 3.35. The van der Waals surface area contributed by atoms with Crippen LogP contribution in [0.5, 0.6) is 5.88 Å². The molecule has 84 valence electrons. The first-order valence-electron chi connectivity index (χ1n) is 4.45. The Morgan fingerprint density at radius 2 is 2.33 bits per heavy atom. The van der Waals surface area contributed by atoms with Crippen LogP contribution in [-0.2, 0) is 6.54 Å². The first-order chi connectivity index (χ1) is 7.04. The van der Waals surface area contributed by atoms with Crippen molar-refractivity contribution in [1.82, 2.24) is 14.7 Å². The van der Waals surface area contributed by atoms with Gasteiger partial charge in [-0.25, -0.2) is 0 Å². The molecule has 0 aliphatic carbocycles. The highest BCUT2D eigenvalue weighted by molar-refractivity contribution is 5.38. The van der Waals surface area contributed by atoms with Crippen LogP contribution in [0.3, 0.4) is 0 Å². The summed E-state index contributed by atoms with van der Waals surface area (Å²) in [5.74, 6) is 0.0544. The van der Waals surface area contributed by atoms with Crippen molar-refractivity contribution in [2.24, 2.45) is 0 Å². The van der Waals surface area contributed by atoms with Crippen LogP contribution in [0.25, 0.3) is 0 Å². The van der Waals surface area contributed by atoms with Crippen LogP contribution in [0.15, 0.2) is 6.20 Å². The molecule has 0 atom stereocenters. The van der Waals surface area contributed by atoms with E-state index >= 15 is 0 Å². The molecule has 0 amide bonds. The van der Waals surface area contributed by atoms with Crippen molar-refractivity contribution in [3.63, 3.8) is 0 Å². The molecule has 7 heteroatoms. The lowest BCUT2D eigenvalue weighted by atomic mass is 10.5. The fraction of sp³-hybridized carbons (Fsp3) is 0.625. The molecule has 7 nitrogen and oxygen atoms in total. The van der Waals surface area contributed by atoms with Crippen LogP contribution in [-0.4, -0.2) is 47.4 Å². The van der Waals surface area contributed by atoms with Gasteiger partial charge in [0.2, 0.25) is 0 Å². The summed E-state index contributed by atoms with van der Waals surface area (Å²) in [6.45, 7) is 1.36. The SMILES string of the molecule is COc1nn(CCN(C)C)cc1[N+](=O)[O-]. The minimum absolute atomic E-state index is 0.0544. The summed E-state index contributed by atoms with van der Waals surface area (Å²) >= 11 is 0. The Labute approximate surface area is 87.4 Å². The van der Waals surface area contributed by atoms with Gasteiger partial charge in [-0.15, -0.1) is 5.10 Å². The number of rotatable bonds is 5. The van der Waals surface area contributed by atoms with E-state index in [1.165, 1.54) is 18.0 Å². The average molecular weight is 214 g/mol. The van der Waals surface area contributed by atoms with Crippen molar-refractivity contribution in [3.05, 3.63) is 16.3 Å². The second kappa shape index (κ2) is 4.74. The Balaban J connectivity index is 2.78. The molecule has 1 aromatic rings. The molecule has 0 N–H and O–H groups in total. The Morgan fingerprint density at radius 3 is 2.73 bits per heavy atom. The van der Waals surface area contributed by atoms with Crippen LogP contribution in [0, 0.1) is 10.1 Å². The lowest BCUT2D eigenvalue weighted by molar-refractivity contribution is -0.385. The largest absolute Gasteiger partial charge is 0.475 e. The van der Waals surface area contributed by atoms with E-state index in [9.17, 15) is 10.1 Å². The van der Waals surface area contributed by atoms with Gasteiger partial charge in [-0.2, -0.15) is 0 Å². The molecule has 0 radical (unpaired) electrons. The molecule has 0 bridgehead atoms. The van der Waals surface area contributed by atoms with Crippen molar-refractivity contribution >= 4 is 5.69 Å². The lowest BCUT2D eigenvalue weighted by Crippen LogP contribution is -2.18. The Morgan fingerprint density at radius 1 is 1.67 bits per heavy atom. The van der Waals surface area contributed by atoms with Gasteiger partial charge < -0.3 is 9.64 Å². The summed E-state index contributed by atoms with van der Waals surface area (Å²) in [4.78, 5) is 12.1. The predicted octanol–water partition coefficient (Wildman–Crippen LogP) is 0.361. The molecular formula is C8H14N4O3. The zero-order valence-corrected chi connectivity index (χ0v) is 9.01. The second-order valence-corrected chi connectivity index (χ2v) is 3.35. The highest BCUT2D eigenvalue weighted by Crippen LogP contribution is 2.23.